The molecular formula is C15H23NO. The van der Waals surface area contributed by atoms with Gasteiger partial charge >= 0.3 is 0 Å². The minimum atomic E-state index is 0.341. The molecular weight excluding hydrogens is 210 g/mol. The van der Waals surface area contributed by atoms with Gasteiger partial charge in [-0.3, -0.25) is 0 Å². The smallest absolute Gasteiger partial charge is 0.119 e. The second-order valence-corrected chi connectivity index (χ2v) is 4.04. The fourth-order valence-corrected chi connectivity index (χ4v) is 1.81. The molecule has 17 heavy (non-hydrogen) atoms. The molecule has 2 nitrogen and oxygen atoms in total. The van der Waals surface area contributed by atoms with E-state index in [4.69, 9.17) is 4.74 Å². The van der Waals surface area contributed by atoms with Crippen LogP contribution in [0.15, 0.2) is 36.9 Å². The quantitative estimate of drug-likeness (QED) is 0.691. The molecule has 1 rings (SSSR count). The molecule has 94 valence electrons. The zero-order chi connectivity index (χ0) is 12.5. The van der Waals surface area contributed by atoms with Crippen LogP contribution in [0.1, 0.15) is 38.3 Å². The van der Waals surface area contributed by atoms with Crippen LogP contribution in [-0.2, 0) is 0 Å². The Kier molecular flexibility index (Phi) is 6.41. The summed E-state index contributed by atoms with van der Waals surface area (Å²) in [7, 11) is 0. The maximum Gasteiger partial charge on any atom is 0.119 e. The topological polar surface area (TPSA) is 21.3 Å². The highest BCUT2D eigenvalue weighted by Gasteiger charge is 2.09. The van der Waals surface area contributed by atoms with Crippen LogP contribution in [0, 0.1) is 0 Å². The summed E-state index contributed by atoms with van der Waals surface area (Å²) >= 11 is 0. The Hall–Kier alpha value is -1.28. The van der Waals surface area contributed by atoms with E-state index in [2.05, 4.69) is 31.0 Å². The van der Waals surface area contributed by atoms with Crippen molar-refractivity contribution in [3.63, 3.8) is 0 Å². The highest BCUT2D eigenvalue weighted by atomic mass is 16.5. The van der Waals surface area contributed by atoms with Crippen LogP contribution < -0.4 is 10.1 Å². The maximum absolute atomic E-state index is 5.53. The van der Waals surface area contributed by atoms with Crippen LogP contribution in [0.5, 0.6) is 5.75 Å². The van der Waals surface area contributed by atoms with E-state index in [1.54, 1.807) is 0 Å². The third-order valence-electron chi connectivity index (χ3n) is 2.61. The van der Waals surface area contributed by atoms with Crippen molar-refractivity contribution < 1.29 is 4.74 Å². The summed E-state index contributed by atoms with van der Waals surface area (Å²) in [6.07, 6.45) is 4.04. The molecule has 0 aromatic heterocycles. The second kappa shape index (κ2) is 7.91. The van der Waals surface area contributed by atoms with Crippen LogP contribution in [0.3, 0.4) is 0 Å². The van der Waals surface area contributed by atoms with Gasteiger partial charge < -0.3 is 10.1 Å². The molecule has 0 heterocycles. The van der Waals surface area contributed by atoms with Crippen LogP contribution in [-0.4, -0.2) is 13.2 Å². The number of rotatable bonds is 8. The summed E-state index contributed by atoms with van der Waals surface area (Å²) in [5, 5.41) is 3.53. The molecule has 0 radical (unpaired) electrons. The van der Waals surface area contributed by atoms with E-state index in [0.29, 0.717) is 12.6 Å². The molecule has 0 aliphatic heterocycles. The molecule has 0 amide bonds. The van der Waals surface area contributed by atoms with E-state index in [9.17, 15) is 0 Å². The van der Waals surface area contributed by atoms with Gasteiger partial charge in [0.15, 0.2) is 0 Å². The Morgan fingerprint density at radius 2 is 2.24 bits per heavy atom. The zero-order valence-electron chi connectivity index (χ0n) is 10.9. The minimum absolute atomic E-state index is 0.341. The highest BCUT2D eigenvalue weighted by Crippen LogP contribution is 2.22. The van der Waals surface area contributed by atoms with E-state index in [1.165, 1.54) is 5.56 Å². The normalized spacial score (nSPS) is 12.1. The lowest BCUT2D eigenvalue weighted by Gasteiger charge is -2.18. The van der Waals surface area contributed by atoms with Gasteiger partial charge in [0, 0.05) is 6.04 Å². The van der Waals surface area contributed by atoms with E-state index >= 15 is 0 Å². The summed E-state index contributed by atoms with van der Waals surface area (Å²) in [5.74, 6) is 0.942. The molecule has 0 bridgehead atoms. The average molecular weight is 233 g/mol. The number of hydrogen-bond donors (Lipinski definition) is 1. The lowest BCUT2D eigenvalue weighted by Crippen LogP contribution is -2.21. The SMILES string of the molecule is C=CCC(NCCC)c1cccc(OCC)c1. The third-order valence-corrected chi connectivity index (χ3v) is 2.61. The van der Waals surface area contributed by atoms with Gasteiger partial charge in [-0.25, -0.2) is 0 Å². The Morgan fingerprint density at radius 3 is 2.88 bits per heavy atom. The molecule has 1 N–H and O–H groups in total. The average Bonchev–Trinajstić information content (AvgIpc) is 2.35. The molecule has 0 saturated carbocycles. The number of benzene rings is 1. The fourth-order valence-electron chi connectivity index (χ4n) is 1.81. The van der Waals surface area contributed by atoms with Crippen molar-refractivity contribution in [3.05, 3.63) is 42.5 Å². The number of ether oxygens (including phenoxy) is 1. The van der Waals surface area contributed by atoms with Crippen molar-refractivity contribution in [2.75, 3.05) is 13.2 Å². The van der Waals surface area contributed by atoms with Crippen molar-refractivity contribution in [3.8, 4) is 5.75 Å². The van der Waals surface area contributed by atoms with Gasteiger partial charge in [-0.2, -0.15) is 0 Å². The van der Waals surface area contributed by atoms with Gasteiger partial charge in [0.1, 0.15) is 5.75 Å². The second-order valence-electron chi connectivity index (χ2n) is 4.04. The number of nitrogens with one attached hydrogen (secondary N) is 1. The van der Waals surface area contributed by atoms with Crippen molar-refractivity contribution in [1.29, 1.82) is 0 Å². The largest absolute Gasteiger partial charge is 0.494 e. The van der Waals surface area contributed by atoms with E-state index in [1.807, 2.05) is 25.1 Å². The van der Waals surface area contributed by atoms with Crippen molar-refractivity contribution in [2.24, 2.45) is 0 Å². The predicted octanol–water partition coefficient (Wildman–Crippen LogP) is 3.70. The van der Waals surface area contributed by atoms with Crippen molar-refractivity contribution in [2.45, 2.75) is 32.7 Å². The van der Waals surface area contributed by atoms with Gasteiger partial charge in [-0.05, 0) is 44.0 Å². The molecule has 0 fully saturated rings. The van der Waals surface area contributed by atoms with Gasteiger partial charge in [0.2, 0.25) is 0 Å². The lowest BCUT2D eigenvalue weighted by molar-refractivity contribution is 0.339. The molecule has 0 aliphatic carbocycles. The molecule has 1 aromatic rings. The predicted molar refractivity (Wildman–Crippen MR) is 73.5 cm³/mol. The monoisotopic (exact) mass is 233 g/mol. The summed E-state index contributed by atoms with van der Waals surface area (Å²) < 4.78 is 5.53. The molecule has 0 saturated heterocycles. The first-order chi connectivity index (χ1) is 8.31. The van der Waals surface area contributed by atoms with E-state index in [0.717, 1.165) is 25.1 Å². The first-order valence-electron chi connectivity index (χ1n) is 6.38. The highest BCUT2D eigenvalue weighted by molar-refractivity contribution is 5.30. The molecule has 1 atom stereocenters. The van der Waals surface area contributed by atoms with Gasteiger partial charge in [-0.1, -0.05) is 25.1 Å². The molecule has 0 spiro atoms. The molecule has 1 unspecified atom stereocenters. The van der Waals surface area contributed by atoms with E-state index < -0.39 is 0 Å². The third kappa shape index (κ3) is 4.61. The van der Waals surface area contributed by atoms with E-state index in [-0.39, 0.29) is 0 Å². The molecule has 1 aromatic carbocycles. The fraction of sp³-hybridized carbons (Fsp3) is 0.467. The Morgan fingerprint density at radius 1 is 1.41 bits per heavy atom. The van der Waals surface area contributed by atoms with Gasteiger partial charge in [0.25, 0.3) is 0 Å². The number of hydrogen-bond acceptors (Lipinski definition) is 2. The summed E-state index contributed by atoms with van der Waals surface area (Å²) in [5.41, 5.74) is 1.27. The van der Waals surface area contributed by atoms with Crippen LogP contribution in [0.25, 0.3) is 0 Å². The van der Waals surface area contributed by atoms with Crippen molar-refractivity contribution in [1.82, 2.24) is 5.32 Å². The van der Waals surface area contributed by atoms with Crippen LogP contribution in [0.4, 0.5) is 0 Å². The Bertz CT molecular complexity index is 335. The first kappa shape index (κ1) is 13.8. The Labute approximate surface area is 105 Å². The Balaban J connectivity index is 2.76. The molecule has 2 heteroatoms. The standard InChI is InChI=1S/C15H23NO/c1-4-8-15(16-11-5-2)13-9-7-10-14(12-13)17-6-3/h4,7,9-10,12,15-16H,1,5-6,8,11H2,2-3H3. The minimum Gasteiger partial charge on any atom is -0.494 e. The van der Waals surface area contributed by atoms with Gasteiger partial charge in [0.05, 0.1) is 6.61 Å². The van der Waals surface area contributed by atoms with Crippen molar-refractivity contribution >= 4 is 0 Å². The summed E-state index contributed by atoms with van der Waals surface area (Å²) in [4.78, 5) is 0. The lowest BCUT2D eigenvalue weighted by atomic mass is 10.0. The first-order valence-corrected chi connectivity index (χ1v) is 6.38. The molecule has 0 aliphatic rings. The zero-order valence-corrected chi connectivity index (χ0v) is 10.9. The summed E-state index contributed by atoms with van der Waals surface area (Å²) in [6.45, 7) is 9.73. The van der Waals surface area contributed by atoms with Crippen LogP contribution >= 0.6 is 0 Å². The summed E-state index contributed by atoms with van der Waals surface area (Å²) in [6, 6.07) is 8.63. The van der Waals surface area contributed by atoms with Gasteiger partial charge in [-0.15, -0.1) is 6.58 Å². The van der Waals surface area contributed by atoms with Crippen LogP contribution in [0.2, 0.25) is 0 Å². The maximum atomic E-state index is 5.53.